The second-order valence-electron chi connectivity index (χ2n) is 6.20. The van der Waals surface area contributed by atoms with Gasteiger partial charge < -0.3 is 9.47 Å². The molecule has 2 atom stereocenters. The van der Waals surface area contributed by atoms with E-state index < -0.39 is 11.5 Å². The van der Waals surface area contributed by atoms with Gasteiger partial charge in [-0.25, -0.2) is 4.85 Å². The molecule has 0 aromatic heterocycles. The van der Waals surface area contributed by atoms with E-state index in [0.717, 1.165) is 0 Å². The summed E-state index contributed by atoms with van der Waals surface area (Å²) in [5.74, 6) is -0.454. The van der Waals surface area contributed by atoms with Gasteiger partial charge in [0.05, 0.1) is 18.2 Å². The number of rotatable bonds is 4. The first-order valence-electron chi connectivity index (χ1n) is 7.95. The molecule has 1 heterocycles. The standard InChI is InChI=1S/C20H13ClN2O3S/c1-20(11-25-14-6-3-12(10-22)4-7-14)18(24)17(19(27)26-20)13-5-8-16(23-2)15(21)9-13/h3-9,17H,11H2,1H3. The molecule has 0 amide bonds. The SMILES string of the molecule is [C-]#[N+]c1ccc(C2C(=O)C(C)(COc3ccc(C#N)cc3)OC2=S)cc1Cl. The minimum atomic E-state index is -1.24. The fourth-order valence-corrected chi connectivity index (χ4v) is 3.43. The molecule has 2 aromatic carbocycles. The lowest BCUT2D eigenvalue weighted by molar-refractivity contribution is -0.131. The Morgan fingerprint density at radius 2 is 2.07 bits per heavy atom. The van der Waals surface area contributed by atoms with Gasteiger partial charge in [0.15, 0.2) is 16.4 Å². The normalized spacial score (nSPS) is 21.3. The number of ketones is 1. The fourth-order valence-electron chi connectivity index (χ4n) is 2.77. The fraction of sp³-hybridized carbons (Fsp3) is 0.200. The first-order valence-corrected chi connectivity index (χ1v) is 8.73. The summed E-state index contributed by atoms with van der Waals surface area (Å²) in [7, 11) is 0. The Hall–Kier alpha value is -2.93. The van der Waals surface area contributed by atoms with Crippen molar-refractivity contribution in [3.8, 4) is 11.8 Å². The topological polar surface area (TPSA) is 63.7 Å². The summed E-state index contributed by atoms with van der Waals surface area (Å²) in [5, 5.41) is 9.25. The molecule has 2 unspecified atom stereocenters. The third-order valence-electron chi connectivity index (χ3n) is 4.27. The van der Waals surface area contributed by atoms with Crippen molar-refractivity contribution < 1.29 is 14.3 Å². The molecule has 0 bridgehead atoms. The molecule has 0 aliphatic carbocycles. The van der Waals surface area contributed by atoms with Crippen LogP contribution in [-0.2, 0) is 9.53 Å². The van der Waals surface area contributed by atoms with Crippen molar-refractivity contribution in [1.82, 2.24) is 0 Å². The second-order valence-corrected chi connectivity index (χ2v) is 7.01. The maximum absolute atomic E-state index is 13.0. The van der Waals surface area contributed by atoms with Gasteiger partial charge in [-0.3, -0.25) is 4.79 Å². The van der Waals surface area contributed by atoms with Crippen LogP contribution in [0.3, 0.4) is 0 Å². The van der Waals surface area contributed by atoms with Crippen molar-refractivity contribution in [3.05, 3.63) is 70.0 Å². The summed E-state index contributed by atoms with van der Waals surface area (Å²) in [4.78, 5) is 16.3. The maximum atomic E-state index is 13.0. The molecule has 1 aliphatic rings. The van der Waals surface area contributed by atoms with Crippen LogP contribution in [0.4, 0.5) is 5.69 Å². The largest absolute Gasteiger partial charge is 0.489 e. The van der Waals surface area contributed by atoms with E-state index in [4.69, 9.17) is 45.1 Å². The van der Waals surface area contributed by atoms with Crippen LogP contribution in [0.2, 0.25) is 5.02 Å². The summed E-state index contributed by atoms with van der Waals surface area (Å²) in [6.45, 7) is 8.66. The Morgan fingerprint density at radius 3 is 2.67 bits per heavy atom. The summed E-state index contributed by atoms with van der Waals surface area (Å²) >= 11 is 11.4. The van der Waals surface area contributed by atoms with Gasteiger partial charge in [0.2, 0.25) is 5.69 Å². The number of benzene rings is 2. The van der Waals surface area contributed by atoms with Crippen molar-refractivity contribution in [3.63, 3.8) is 0 Å². The van der Waals surface area contributed by atoms with Crippen LogP contribution in [0.25, 0.3) is 4.85 Å². The zero-order valence-electron chi connectivity index (χ0n) is 14.2. The van der Waals surface area contributed by atoms with Gasteiger partial charge in [-0.05, 0) is 55.0 Å². The zero-order chi connectivity index (χ0) is 19.6. The number of nitriles is 1. The van der Waals surface area contributed by atoms with Crippen LogP contribution in [0.1, 0.15) is 24.0 Å². The first-order chi connectivity index (χ1) is 12.9. The molecule has 0 saturated carbocycles. The van der Waals surface area contributed by atoms with E-state index in [0.29, 0.717) is 22.6 Å². The molecule has 5 nitrogen and oxygen atoms in total. The number of hydrogen-bond acceptors (Lipinski definition) is 5. The Bertz CT molecular complexity index is 1010. The van der Waals surface area contributed by atoms with E-state index in [2.05, 4.69) is 4.85 Å². The minimum Gasteiger partial charge on any atom is -0.489 e. The summed E-state index contributed by atoms with van der Waals surface area (Å²) in [5.41, 5.74) is 0.178. The highest BCUT2D eigenvalue weighted by atomic mass is 35.5. The quantitative estimate of drug-likeness (QED) is 0.557. The van der Waals surface area contributed by atoms with Gasteiger partial charge in [-0.15, -0.1) is 0 Å². The van der Waals surface area contributed by atoms with Crippen LogP contribution < -0.4 is 4.74 Å². The zero-order valence-corrected chi connectivity index (χ0v) is 15.8. The molecule has 1 saturated heterocycles. The third kappa shape index (κ3) is 3.64. The number of carbonyl (C=O) groups excluding carboxylic acids is 1. The Balaban J connectivity index is 1.78. The predicted octanol–water partition coefficient (Wildman–Crippen LogP) is 4.61. The Kier molecular flexibility index (Phi) is 5.14. The summed E-state index contributed by atoms with van der Waals surface area (Å²) < 4.78 is 11.4. The van der Waals surface area contributed by atoms with Crippen molar-refractivity contribution in [2.24, 2.45) is 0 Å². The Morgan fingerprint density at radius 1 is 1.37 bits per heavy atom. The lowest BCUT2D eigenvalue weighted by Gasteiger charge is -2.22. The molecule has 0 spiro atoms. The van der Waals surface area contributed by atoms with Gasteiger partial charge in [0, 0.05) is 5.02 Å². The highest BCUT2D eigenvalue weighted by Crippen LogP contribution is 2.38. The van der Waals surface area contributed by atoms with E-state index in [1.807, 2.05) is 6.07 Å². The highest BCUT2D eigenvalue weighted by Gasteiger charge is 2.51. The number of Topliss-reactive ketones (excluding diaryl/α,β-unsaturated/α-hetero) is 1. The van der Waals surface area contributed by atoms with E-state index in [-0.39, 0.29) is 22.5 Å². The Labute approximate surface area is 166 Å². The highest BCUT2D eigenvalue weighted by molar-refractivity contribution is 7.80. The van der Waals surface area contributed by atoms with E-state index >= 15 is 0 Å². The average Bonchev–Trinajstić information content (AvgIpc) is 2.89. The lowest BCUT2D eigenvalue weighted by Crippen LogP contribution is -2.40. The number of hydrogen-bond donors (Lipinski definition) is 0. The van der Waals surface area contributed by atoms with Crippen LogP contribution in [-0.4, -0.2) is 23.0 Å². The van der Waals surface area contributed by atoms with Crippen molar-refractivity contribution in [2.45, 2.75) is 18.4 Å². The molecule has 0 N–H and O–H groups in total. The number of thiocarbonyl (C=S) groups is 1. The number of carbonyl (C=O) groups is 1. The molecular weight excluding hydrogens is 384 g/mol. The van der Waals surface area contributed by atoms with E-state index in [9.17, 15) is 4.79 Å². The molecule has 3 rings (SSSR count). The average molecular weight is 397 g/mol. The smallest absolute Gasteiger partial charge is 0.205 e. The monoisotopic (exact) mass is 396 g/mol. The molecule has 1 fully saturated rings. The van der Waals surface area contributed by atoms with Gasteiger partial charge in [-0.1, -0.05) is 23.7 Å². The molecule has 7 heteroatoms. The van der Waals surface area contributed by atoms with Crippen LogP contribution in [0, 0.1) is 17.9 Å². The van der Waals surface area contributed by atoms with Crippen molar-refractivity contribution in [2.75, 3.05) is 6.61 Å². The molecule has 134 valence electrons. The van der Waals surface area contributed by atoms with Crippen molar-refractivity contribution in [1.29, 1.82) is 5.26 Å². The van der Waals surface area contributed by atoms with Gasteiger partial charge in [0.1, 0.15) is 18.3 Å². The van der Waals surface area contributed by atoms with E-state index in [1.54, 1.807) is 49.4 Å². The molecule has 2 aromatic rings. The first kappa shape index (κ1) is 18.8. The molecule has 1 aliphatic heterocycles. The number of halogens is 1. The third-order valence-corrected chi connectivity index (χ3v) is 4.89. The summed E-state index contributed by atoms with van der Waals surface area (Å²) in [6, 6.07) is 13.4. The predicted molar refractivity (Wildman–Crippen MR) is 104 cm³/mol. The molecule has 27 heavy (non-hydrogen) atoms. The summed E-state index contributed by atoms with van der Waals surface area (Å²) in [6.07, 6.45) is 0. The second kappa shape index (κ2) is 7.36. The lowest BCUT2D eigenvalue weighted by atomic mass is 9.89. The number of ether oxygens (including phenoxy) is 2. The van der Waals surface area contributed by atoms with Crippen LogP contribution in [0.5, 0.6) is 5.75 Å². The van der Waals surface area contributed by atoms with Crippen LogP contribution >= 0.6 is 23.8 Å². The van der Waals surface area contributed by atoms with Gasteiger partial charge in [-0.2, -0.15) is 5.26 Å². The van der Waals surface area contributed by atoms with Crippen molar-refractivity contribution >= 4 is 40.3 Å². The van der Waals surface area contributed by atoms with Gasteiger partial charge in [0.25, 0.3) is 0 Å². The molecule has 0 radical (unpaired) electrons. The van der Waals surface area contributed by atoms with Crippen LogP contribution in [0.15, 0.2) is 42.5 Å². The number of nitrogens with zero attached hydrogens (tertiary/aromatic N) is 2. The minimum absolute atomic E-state index is 0.0256. The van der Waals surface area contributed by atoms with E-state index in [1.165, 1.54) is 0 Å². The van der Waals surface area contributed by atoms with Gasteiger partial charge >= 0.3 is 0 Å². The maximum Gasteiger partial charge on any atom is 0.205 e. The molecular formula is C20H13ClN2O3S.